The molecule has 3 heteroatoms. The van der Waals surface area contributed by atoms with Crippen LogP contribution in [0.3, 0.4) is 0 Å². The molecule has 0 unspecified atom stereocenters. The second-order valence-corrected chi connectivity index (χ2v) is 5.60. The van der Waals surface area contributed by atoms with Gasteiger partial charge >= 0.3 is 0 Å². The smallest absolute Gasteiger partial charge is 0.0700 e. The van der Waals surface area contributed by atoms with Crippen LogP contribution in [0.25, 0.3) is 0 Å². The molecule has 1 rings (SSSR count). The van der Waals surface area contributed by atoms with Crippen LogP contribution in [-0.4, -0.2) is 33.5 Å². The van der Waals surface area contributed by atoms with E-state index in [0.29, 0.717) is 18.6 Å². The van der Waals surface area contributed by atoms with Crippen LogP contribution in [0.2, 0.25) is 0 Å². The maximum Gasteiger partial charge on any atom is 0.0700 e. The number of ether oxygens (including phenoxy) is 2. The highest BCUT2D eigenvalue weighted by Crippen LogP contribution is 2.41. The molecule has 0 saturated heterocycles. The Hall–Kier alpha value is -0.120. The number of hydrogen-bond donors (Lipinski definition) is 1. The van der Waals surface area contributed by atoms with E-state index in [-0.39, 0.29) is 0 Å². The lowest BCUT2D eigenvalue weighted by molar-refractivity contribution is 0.0586. The lowest BCUT2D eigenvalue weighted by Crippen LogP contribution is -2.34. The molecule has 0 aromatic carbocycles. The summed E-state index contributed by atoms with van der Waals surface area (Å²) in [5, 5.41) is 0. The van der Waals surface area contributed by atoms with Crippen LogP contribution in [-0.2, 0) is 9.47 Å². The van der Waals surface area contributed by atoms with Crippen molar-refractivity contribution in [2.45, 2.75) is 45.4 Å². The number of hydrogen-bond acceptors (Lipinski definition) is 3. The molecule has 0 aliphatic heterocycles. The molecule has 1 aliphatic rings. The number of nitrogens with two attached hydrogens (primary N) is 1. The first-order valence-electron chi connectivity index (χ1n) is 6.99. The predicted molar refractivity (Wildman–Crippen MR) is 71.0 cm³/mol. The monoisotopic (exact) mass is 243 g/mol. The second kappa shape index (κ2) is 8.06. The fourth-order valence-corrected chi connectivity index (χ4v) is 2.72. The van der Waals surface area contributed by atoms with Gasteiger partial charge in [0.1, 0.15) is 0 Å². The minimum atomic E-state index is 0.414. The summed E-state index contributed by atoms with van der Waals surface area (Å²) in [5.74, 6) is 0.896. The summed E-state index contributed by atoms with van der Waals surface area (Å²) in [4.78, 5) is 0. The normalized spacial score (nSPS) is 29.5. The zero-order chi connectivity index (χ0) is 12.6. The Kier molecular flexibility index (Phi) is 7.09. The molecule has 0 aromatic rings. The molecular weight excluding hydrogens is 214 g/mol. The molecule has 0 atom stereocenters. The van der Waals surface area contributed by atoms with Gasteiger partial charge in [0.2, 0.25) is 0 Å². The minimum absolute atomic E-state index is 0.414. The molecule has 102 valence electrons. The van der Waals surface area contributed by atoms with Crippen molar-refractivity contribution in [2.24, 2.45) is 17.1 Å². The molecule has 0 aromatic heterocycles. The Balaban J connectivity index is 2.14. The van der Waals surface area contributed by atoms with Crippen LogP contribution >= 0.6 is 0 Å². The van der Waals surface area contributed by atoms with Gasteiger partial charge in [-0.3, -0.25) is 0 Å². The van der Waals surface area contributed by atoms with Crippen molar-refractivity contribution in [3.63, 3.8) is 0 Å². The van der Waals surface area contributed by atoms with Gasteiger partial charge < -0.3 is 15.2 Å². The van der Waals surface area contributed by atoms with E-state index in [9.17, 15) is 0 Å². The van der Waals surface area contributed by atoms with Crippen molar-refractivity contribution >= 4 is 0 Å². The van der Waals surface area contributed by atoms with E-state index in [0.717, 1.165) is 25.5 Å². The third-order valence-electron chi connectivity index (χ3n) is 4.20. The average Bonchev–Trinajstić information content (AvgIpc) is 2.36. The molecular formula is C14H29NO2. The number of methoxy groups -OCH3 is 1. The largest absolute Gasteiger partial charge is 0.382 e. The maximum absolute atomic E-state index is 5.99. The Morgan fingerprint density at radius 2 is 1.88 bits per heavy atom. The van der Waals surface area contributed by atoms with Gasteiger partial charge in [-0.1, -0.05) is 19.8 Å². The fraction of sp³-hybridized carbons (Fsp3) is 1.00. The van der Waals surface area contributed by atoms with Crippen molar-refractivity contribution in [3.8, 4) is 0 Å². The lowest BCUT2D eigenvalue weighted by atomic mass is 9.68. The van der Waals surface area contributed by atoms with E-state index < -0.39 is 0 Å². The Bertz CT molecular complexity index is 189. The number of rotatable bonds is 8. The first-order chi connectivity index (χ1) is 8.22. The van der Waals surface area contributed by atoms with Gasteiger partial charge in [-0.15, -0.1) is 0 Å². The van der Waals surface area contributed by atoms with Crippen LogP contribution in [0.4, 0.5) is 0 Å². The second-order valence-electron chi connectivity index (χ2n) is 5.60. The van der Waals surface area contributed by atoms with Gasteiger partial charge in [0.05, 0.1) is 13.2 Å². The first-order valence-corrected chi connectivity index (χ1v) is 6.99. The molecule has 0 spiro atoms. The molecule has 0 amide bonds. The standard InChI is InChI=1S/C14H29NO2/c1-13-4-7-14(12-15,8-5-13)6-3-9-17-11-10-16-2/h13H,3-12,15H2,1-2H3. The third kappa shape index (κ3) is 5.36. The van der Waals surface area contributed by atoms with Crippen LogP contribution in [0, 0.1) is 11.3 Å². The molecule has 3 nitrogen and oxygen atoms in total. The fourth-order valence-electron chi connectivity index (χ4n) is 2.72. The molecule has 1 fully saturated rings. The molecule has 0 bridgehead atoms. The van der Waals surface area contributed by atoms with Gasteiger partial charge in [0, 0.05) is 13.7 Å². The highest BCUT2D eigenvalue weighted by molar-refractivity contribution is 4.85. The van der Waals surface area contributed by atoms with Gasteiger partial charge in [0.15, 0.2) is 0 Å². The Morgan fingerprint density at radius 3 is 2.47 bits per heavy atom. The van der Waals surface area contributed by atoms with E-state index in [4.69, 9.17) is 15.2 Å². The maximum atomic E-state index is 5.99. The van der Waals surface area contributed by atoms with Gasteiger partial charge in [-0.05, 0) is 43.6 Å². The molecule has 1 saturated carbocycles. The predicted octanol–water partition coefficient (Wildman–Crippen LogP) is 2.58. The summed E-state index contributed by atoms with van der Waals surface area (Å²) in [6.07, 6.45) is 7.67. The minimum Gasteiger partial charge on any atom is -0.382 e. The zero-order valence-corrected chi connectivity index (χ0v) is 11.5. The summed E-state index contributed by atoms with van der Waals surface area (Å²) >= 11 is 0. The van der Waals surface area contributed by atoms with Crippen molar-refractivity contribution in [1.29, 1.82) is 0 Å². The quantitative estimate of drug-likeness (QED) is 0.666. The Morgan fingerprint density at radius 1 is 1.18 bits per heavy atom. The molecule has 0 radical (unpaired) electrons. The van der Waals surface area contributed by atoms with Crippen molar-refractivity contribution < 1.29 is 9.47 Å². The first kappa shape index (κ1) is 14.9. The van der Waals surface area contributed by atoms with E-state index in [1.807, 2.05) is 0 Å². The topological polar surface area (TPSA) is 44.5 Å². The van der Waals surface area contributed by atoms with Gasteiger partial charge in [-0.25, -0.2) is 0 Å². The van der Waals surface area contributed by atoms with Gasteiger partial charge in [-0.2, -0.15) is 0 Å². The van der Waals surface area contributed by atoms with Crippen LogP contribution in [0.5, 0.6) is 0 Å². The Labute approximate surface area is 106 Å². The molecule has 1 aliphatic carbocycles. The highest BCUT2D eigenvalue weighted by Gasteiger charge is 2.32. The summed E-state index contributed by atoms with van der Waals surface area (Å²) in [6, 6.07) is 0. The summed E-state index contributed by atoms with van der Waals surface area (Å²) in [7, 11) is 1.70. The SMILES string of the molecule is COCCOCCCC1(CN)CCC(C)CC1. The summed E-state index contributed by atoms with van der Waals surface area (Å²) < 4.78 is 10.5. The highest BCUT2D eigenvalue weighted by atomic mass is 16.5. The molecule has 17 heavy (non-hydrogen) atoms. The van der Waals surface area contributed by atoms with Crippen LogP contribution in [0.1, 0.15) is 45.4 Å². The third-order valence-corrected chi connectivity index (χ3v) is 4.20. The summed E-state index contributed by atoms with van der Waals surface area (Å²) in [6.45, 7) is 5.45. The van der Waals surface area contributed by atoms with E-state index >= 15 is 0 Å². The molecule has 0 heterocycles. The summed E-state index contributed by atoms with van der Waals surface area (Å²) in [5.41, 5.74) is 6.40. The van der Waals surface area contributed by atoms with Crippen molar-refractivity contribution in [3.05, 3.63) is 0 Å². The average molecular weight is 243 g/mol. The van der Waals surface area contributed by atoms with E-state index in [2.05, 4.69) is 6.92 Å². The van der Waals surface area contributed by atoms with Crippen molar-refractivity contribution in [2.75, 3.05) is 33.5 Å². The molecule has 2 N–H and O–H groups in total. The van der Waals surface area contributed by atoms with Crippen LogP contribution in [0.15, 0.2) is 0 Å². The zero-order valence-electron chi connectivity index (χ0n) is 11.5. The van der Waals surface area contributed by atoms with E-state index in [1.54, 1.807) is 7.11 Å². The van der Waals surface area contributed by atoms with E-state index in [1.165, 1.54) is 32.1 Å². The van der Waals surface area contributed by atoms with Crippen molar-refractivity contribution in [1.82, 2.24) is 0 Å². The lowest BCUT2D eigenvalue weighted by Gasteiger charge is -2.38. The van der Waals surface area contributed by atoms with Gasteiger partial charge in [0.25, 0.3) is 0 Å². The van der Waals surface area contributed by atoms with Crippen LogP contribution < -0.4 is 5.73 Å².